The highest BCUT2D eigenvalue weighted by atomic mass is 16.7. The number of hydrogen-bond acceptors (Lipinski definition) is 2. The lowest BCUT2D eigenvalue weighted by Crippen LogP contribution is -2.32. The highest BCUT2D eigenvalue weighted by Crippen LogP contribution is 2.47. The molecule has 1 aromatic carbocycles. The average molecular weight is 469 g/mol. The van der Waals surface area contributed by atoms with E-state index in [9.17, 15) is 0 Å². The van der Waals surface area contributed by atoms with Crippen molar-refractivity contribution >= 4 is 0 Å². The number of benzene rings is 1. The van der Waals surface area contributed by atoms with Crippen LogP contribution in [0.25, 0.3) is 0 Å². The van der Waals surface area contributed by atoms with E-state index in [1.807, 2.05) is 13.8 Å². The molecule has 6 unspecified atom stereocenters. The van der Waals surface area contributed by atoms with Gasteiger partial charge in [0.15, 0.2) is 0 Å². The van der Waals surface area contributed by atoms with Gasteiger partial charge >= 0.3 is 0 Å². The predicted octanol–water partition coefficient (Wildman–Crippen LogP) is 9.55. The SMILES string of the molecule is CC.CC1CC=C(C(Oc2ccc(C(CC(C)(C)C)C(C)(C)C)cc2)OC2CC3CCC2C3)C1. The van der Waals surface area contributed by atoms with Crippen LogP contribution < -0.4 is 4.74 Å². The number of ether oxygens (including phenoxy) is 2. The zero-order valence-corrected chi connectivity index (χ0v) is 23.6. The molecular weight excluding hydrogens is 416 g/mol. The van der Waals surface area contributed by atoms with Crippen LogP contribution in [0, 0.1) is 28.6 Å². The normalized spacial score (nSPS) is 28.2. The van der Waals surface area contributed by atoms with Crippen molar-refractivity contribution in [3.8, 4) is 5.75 Å². The van der Waals surface area contributed by atoms with Crippen molar-refractivity contribution in [1.29, 1.82) is 0 Å². The molecule has 3 aliphatic rings. The molecule has 2 bridgehead atoms. The Morgan fingerprint density at radius 1 is 0.941 bits per heavy atom. The lowest BCUT2D eigenvalue weighted by Gasteiger charge is -2.36. The van der Waals surface area contributed by atoms with Crippen LogP contribution in [0.3, 0.4) is 0 Å². The minimum atomic E-state index is -0.219. The summed E-state index contributed by atoms with van der Waals surface area (Å²) in [6.45, 7) is 20.4. The molecule has 0 saturated heterocycles. The molecule has 1 aromatic rings. The first kappa shape index (κ1) is 27.3. The second kappa shape index (κ2) is 11.2. The Bertz CT molecular complexity index is 792. The Labute approximate surface area is 210 Å². The van der Waals surface area contributed by atoms with Crippen LogP contribution >= 0.6 is 0 Å². The fraction of sp³-hybridized carbons (Fsp3) is 0.750. The largest absolute Gasteiger partial charge is 0.461 e. The van der Waals surface area contributed by atoms with E-state index in [-0.39, 0.29) is 11.7 Å². The molecule has 2 heteroatoms. The van der Waals surface area contributed by atoms with Crippen LogP contribution in [0.5, 0.6) is 5.75 Å². The molecule has 2 saturated carbocycles. The summed E-state index contributed by atoms with van der Waals surface area (Å²) >= 11 is 0. The summed E-state index contributed by atoms with van der Waals surface area (Å²) in [6, 6.07) is 8.92. The number of hydrogen-bond donors (Lipinski definition) is 0. The van der Waals surface area contributed by atoms with Crippen LogP contribution in [-0.4, -0.2) is 12.4 Å². The molecule has 0 aromatic heterocycles. The Morgan fingerprint density at radius 2 is 1.62 bits per heavy atom. The molecule has 3 aliphatic carbocycles. The summed E-state index contributed by atoms with van der Waals surface area (Å²) in [4.78, 5) is 0. The molecule has 34 heavy (non-hydrogen) atoms. The second-order valence-corrected chi connectivity index (χ2v) is 13.4. The van der Waals surface area contributed by atoms with Gasteiger partial charge in [0.2, 0.25) is 6.29 Å². The first-order valence-electron chi connectivity index (χ1n) is 14.1. The number of fused-ring (bicyclic) bond motifs is 2. The summed E-state index contributed by atoms with van der Waals surface area (Å²) < 4.78 is 13.2. The minimum absolute atomic E-state index is 0.219. The maximum Gasteiger partial charge on any atom is 0.222 e. The molecule has 0 heterocycles. The molecule has 0 radical (unpaired) electrons. The van der Waals surface area contributed by atoms with E-state index in [2.05, 4.69) is 78.8 Å². The standard InChI is InChI=1S/C30H46O2.C2H6/c1-20-8-10-24(16-20)28(32-27-18-21-9-11-23(27)17-21)31-25-14-12-22(13-15-25)26(30(5,6)7)19-29(2,3)4;1-2/h10,12-15,20-21,23,26-28H,8-9,11,16-19H2,1-7H3;1-2H3. The summed E-state index contributed by atoms with van der Waals surface area (Å²) in [7, 11) is 0. The van der Waals surface area contributed by atoms with E-state index < -0.39 is 0 Å². The van der Waals surface area contributed by atoms with Gasteiger partial charge < -0.3 is 9.47 Å². The zero-order chi connectivity index (χ0) is 25.1. The average Bonchev–Trinajstić information content (AvgIpc) is 3.50. The molecule has 4 rings (SSSR count). The van der Waals surface area contributed by atoms with Gasteiger partial charge in [-0.25, -0.2) is 0 Å². The second-order valence-electron chi connectivity index (χ2n) is 13.4. The van der Waals surface area contributed by atoms with E-state index >= 15 is 0 Å². The summed E-state index contributed by atoms with van der Waals surface area (Å²) in [6.07, 6.45) is 11.3. The maximum absolute atomic E-state index is 6.69. The molecule has 0 amide bonds. The highest BCUT2D eigenvalue weighted by molar-refractivity contribution is 5.31. The number of rotatable bonds is 7. The van der Waals surface area contributed by atoms with Gasteiger partial charge in [-0.1, -0.05) is 80.5 Å². The van der Waals surface area contributed by atoms with Crippen LogP contribution in [0.4, 0.5) is 0 Å². The van der Waals surface area contributed by atoms with Crippen molar-refractivity contribution in [2.75, 3.05) is 0 Å². The number of allylic oxidation sites excluding steroid dienone is 1. The Kier molecular flexibility index (Phi) is 8.99. The minimum Gasteiger partial charge on any atom is -0.461 e. The van der Waals surface area contributed by atoms with Gasteiger partial charge in [-0.15, -0.1) is 0 Å². The van der Waals surface area contributed by atoms with Crippen molar-refractivity contribution in [3.63, 3.8) is 0 Å². The Morgan fingerprint density at radius 3 is 2.09 bits per heavy atom. The third-order valence-electron chi connectivity index (χ3n) is 8.03. The molecular formula is C32H52O2. The van der Waals surface area contributed by atoms with Gasteiger partial charge in [-0.05, 0) is 103 Å². The molecule has 0 spiro atoms. The molecule has 0 aliphatic heterocycles. The third-order valence-corrected chi connectivity index (χ3v) is 8.03. The summed E-state index contributed by atoms with van der Waals surface area (Å²) in [5, 5.41) is 0. The lowest BCUT2D eigenvalue weighted by atomic mass is 9.69. The molecule has 0 N–H and O–H groups in total. The van der Waals surface area contributed by atoms with Crippen LogP contribution in [-0.2, 0) is 4.74 Å². The van der Waals surface area contributed by atoms with Crippen LogP contribution in [0.1, 0.15) is 119 Å². The van der Waals surface area contributed by atoms with Gasteiger partial charge in [0.1, 0.15) is 5.75 Å². The molecule has 2 fully saturated rings. The van der Waals surface area contributed by atoms with Crippen LogP contribution in [0.15, 0.2) is 35.9 Å². The van der Waals surface area contributed by atoms with Crippen molar-refractivity contribution in [2.24, 2.45) is 28.6 Å². The highest BCUT2D eigenvalue weighted by Gasteiger charge is 2.42. The maximum atomic E-state index is 6.69. The van der Waals surface area contributed by atoms with E-state index in [0.717, 1.165) is 30.4 Å². The van der Waals surface area contributed by atoms with Gasteiger partial charge in [-0.3, -0.25) is 0 Å². The van der Waals surface area contributed by atoms with Crippen molar-refractivity contribution in [2.45, 2.75) is 126 Å². The van der Waals surface area contributed by atoms with Crippen LogP contribution in [0.2, 0.25) is 0 Å². The van der Waals surface area contributed by atoms with E-state index in [0.29, 0.717) is 23.4 Å². The molecule has 2 nitrogen and oxygen atoms in total. The first-order valence-corrected chi connectivity index (χ1v) is 14.1. The fourth-order valence-electron chi connectivity index (χ4n) is 6.26. The molecule has 192 valence electrons. The predicted molar refractivity (Wildman–Crippen MR) is 145 cm³/mol. The van der Waals surface area contributed by atoms with Gasteiger partial charge in [0.05, 0.1) is 6.10 Å². The fourth-order valence-corrected chi connectivity index (χ4v) is 6.26. The van der Waals surface area contributed by atoms with Crippen molar-refractivity contribution < 1.29 is 9.47 Å². The van der Waals surface area contributed by atoms with Gasteiger partial charge in [0.25, 0.3) is 0 Å². The van der Waals surface area contributed by atoms with Gasteiger partial charge in [0, 0.05) is 0 Å². The zero-order valence-electron chi connectivity index (χ0n) is 23.6. The smallest absolute Gasteiger partial charge is 0.222 e. The Hall–Kier alpha value is -1.28. The summed E-state index contributed by atoms with van der Waals surface area (Å²) in [5.41, 5.74) is 3.30. The first-order chi connectivity index (χ1) is 16.0. The molecule has 6 atom stereocenters. The van der Waals surface area contributed by atoms with Crippen molar-refractivity contribution in [1.82, 2.24) is 0 Å². The van der Waals surface area contributed by atoms with Crippen molar-refractivity contribution in [3.05, 3.63) is 41.5 Å². The quantitative estimate of drug-likeness (QED) is 0.293. The van der Waals surface area contributed by atoms with E-state index in [4.69, 9.17) is 9.47 Å². The van der Waals surface area contributed by atoms with E-state index in [1.54, 1.807) is 0 Å². The topological polar surface area (TPSA) is 18.5 Å². The summed E-state index contributed by atoms with van der Waals surface area (Å²) in [5.74, 6) is 3.80. The van der Waals surface area contributed by atoms with E-state index in [1.165, 1.54) is 43.2 Å². The Balaban J connectivity index is 0.00000158. The third kappa shape index (κ3) is 7.12. The lowest BCUT2D eigenvalue weighted by molar-refractivity contribution is -0.114. The van der Waals surface area contributed by atoms with Gasteiger partial charge in [-0.2, -0.15) is 0 Å². The monoisotopic (exact) mass is 468 g/mol.